The van der Waals surface area contributed by atoms with E-state index in [1.54, 1.807) is 11.8 Å². The zero-order valence-electron chi connectivity index (χ0n) is 18.7. The number of nitrogens with one attached hydrogen (secondary N) is 2. The highest BCUT2D eigenvalue weighted by molar-refractivity contribution is 8.00. The number of alkyl carbamates (subject to hydrolysis) is 1. The molecule has 0 aliphatic heterocycles. The van der Waals surface area contributed by atoms with Gasteiger partial charge in [-0.2, -0.15) is 0 Å². The van der Waals surface area contributed by atoms with Crippen molar-refractivity contribution in [2.45, 2.75) is 70.3 Å². The van der Waals surface area contributed by atoms with Crippen LogP contribution in [0, 0.1) is 11.8 Å². The number of rotatable bonds is 12. The van der Waals surface area contributed by atoms with Crippen LogP contribution >= 0.6 is 11.8 Å². The monoisotopic (exact) mass is 448 g/mol. The molecular formula is C24H36N2O4S. The molecule has 0 spiro atoms. The summed E-state index contributed by atoms with van der Waals surface area (Å²) in [5, 5.41) is 5.61. The molecule has 2 rings (SSSR count). The van der Waals surface area contributed by atoms with Crippen molar-refractivity contribution in [2.75, 3.05) is 12.3 Å². The number of aldehydes is 1. The van der Waals surface area contributed by atoms with E-state index in [-0.39, 0.29) is 23.7 Å². The molecular weight excluding hydrogens is 412 g/mol. The smallest absolute Gasteiger partial charge is 0.408 e. The lowest BCUT2D eigenvalue weighted by atomic mass is 9.87. The van der Waals surface area contributed by atoms with Crippen molar-refractivity contribution < 1.29 is 19.1 Å². The zero-order valence-corrected chi connectivity index (χ0v) is 19.5. The lowest BCUT2D eigenvalue weighted by Crippen LogP contribution is -2.48. The van der Waals surface area contributed by atoms with E-state index in [0.717, 1.165) is 24.7 Å². The first-order chi connectivity index (χ1) is 15.0. The molecule has 2 atom stereocenters. The van der Waals surface area contributed by atoms with Gasteiger partial charge in [0.1, 0.15) is 18.9 Å². The van der Waals surface area contributed by atoms with E-state index in [9.17, 15) is 14.4 Å². The molecule has 0 bridgehead atoms. The average Bonchev–Trinajstić information content (AvgIpc) is 2.78. The number of hydrogen-bond donors (Lipinski definition) is 2. The van der Waals surface area contributed by atoms with Crippen molar-refractivity contribution in [1.29, 1.82) is 0 Å². The van der Waals surface area contributed by atoms with Gasteiger partial charge in [-0.1, -0.05) is 63.4 Å². The Kier molecular flexibility index (Phi) is 11.5. The number of amides is 2. The molecule has 0 saturated heterocycles. The average molecular weight is 449 g/mol. The van der Waals surface area contributed by atoms with Crippen molar-refractivity contribution in [1.82, 2.24) is 10.6 Å². The van der Waals surface area contributed by atoms with E-state index in [0.29, 0.717) is 24.6 Å². The highest BCUT2D eigenvalue weighted by atomic mass is 32.2. The van der Waals surface area contributed by atoms with Crippen LogP contribution in [-0.2, 0) is 20.9 Å². The first kappa shape index (κ1) is 25.2. The molecule has 172 valence electrons. The Hall–Kier alpha value is -2.02. The molecule has 31 heavy (non-hydrogen) atoms. The highest BCUT2D eigenvalue weighted by Gasteiger charge is 2.25. The lowest BCUT2D eigenvalue weighted by molar-refractivity contribution is -0.123. The third-order valence-corrected chi connectivity index (χ3v) is 6.81. The van der Waals surface area contributed by atoms with Gasteiger partial charge in [-0.05, 0) is 36.7 Å². The largest absolute Gasteiger partial charge is 0.445 e. The Bertz CT molecular complexity index is 677. The van der Waals surface area contributed by atoms with Gasteiger partial charge in [-0.15, -0.1) is 11.8 Å². The summed E-state index contributed by atoms with van der Waals surface area (Å²) < 4.78 is 5.26. The van der Waals surface area contributed by atoms with E-state index in [1.165, 1.54) is 19.3 Å². The topological polar surface area (TPSA) is 84.5 Å². The molecule has 2 N–H and O–H groups in total. The second kappa shape index (κ2) is 14.1. The van der Waals surface area contributed by atoms with Gasteiger partial charge in [0.25, 0.3) is 0 Å². The molecule has 1 aromatic rings. The Morgan fingerprint density at radius 1 is 1.16 bits per heavy atom. The van der Waals surface area contributed by atoms with Crippen LogP contribution in [0.2, 0.25) is 0 Å². The SMILES string of the molecule is CC(C)C[C@@H](NC(=O)OCc1ccccc1)C(=O)NCCSC(C=O)C1CCCCC1. The molecule has 1 aromatic carbocycles. The summed E-state index contributed by atoms with van der Waals surface area (Å²) in [6.07, 6.45) is 6.90. The Morgan fingerprint density at radius 2 is 1.87 bits per heavy atom. The molecule has 7 heteroatoms. The summed E-state index contributed by atoms with van der Waals surface area (Å²) in [7, 11) is 0. The second-order valence-electron chi connectivity index (χ2n) is 8.55. The van der Waals surface area contributed by atoms with E-state index in [2.05, 4.69) is 10.6 Å². The molecule has 1 unspecified atom stereocenters. The number of thioether (sulfide) groups is 1. The molecule has 0 heterocycles. The molecule has 1 aliphatic carbocycles. The Balaban J connectivity index is 1.75. The van der Waals surface area contributed by atoms with Crippen LogP contribution in [0.4, 0.5) is 4.79 Å². The fraction of sp³-hybridized carbons (Fsp3) is 0.625. The molecule has 0 aromatic heterocycles. The maximum absolute atomic E-state index is 12.6. The number of ether oxygens (including phenoxy) is 1. The van der Waals surface area contributed by atoms with Crippen molar-refractivity contribution in [3.8, 4) is 0 Å². The van der Waals surface area contributed by atoms with E-state index < -0.39 is 12.1 Å². The molecule has 1 fully saturated rings. The quantitative estimate of drug-likeness (QED) is 0.367. The maximum Gasteiger partial charge on any atom is 0.408 e. The Labute approximate surface area is 190 Å². The predicted octanol–water partition coefficient (Wildman–Crippen LogP) is 4.32. The molecule has 2 amide bonds. The summed E-state index contributed by atoms with van der Waals surface area (Å²) in [6, 6.07) is 8.78. The number of carbonyl (C=O) groups is 3. The van der Waals surface area contributed by atoms with Crippen molar-refractivity contribution >= 4 is 30.0 Å². The minimum absolute atomic E-state index is 0.00903. The van der Waals surface area contributed by atoms with E-state index in [1.807, 2.05) is 44.2 Å². The van der Waals surface area contributed by atoms with E-state index >= 15 is 0 Å². The van der Waals surface area contributed by atoms with Gasteiger partial charge in [-0.25, -0.2) is 4.79 Å². The van der Waals surface area contributed by atoms with Crippen molar-refractivity contribution in [3.05, 3.63) is 35.9 Å². The van der Waals surface area contributed by atoms with E-state index in [4.69, 9.17) is 4.74 Å². The summed E-state index contributed by atoms with van der Waals surface area (Å²) in [5.74, 6) is 1.16. The fourth-order valence-electron chi connectivity index (χ4n) is 3.85. The normalized spacial score (nSPS) is 16.4. The Morgan fingerprint density at radius 3 is 2.52 bits per heavy atom. The van der Waals surface area contributed by atoms with Gasteiger partial charge < -0.3 is 20.2 Å². The summed E-state index contributed by atoms with van der Waals surface area (Å²) in [5.41, 5.74) is 0.891. The fourth-order valence-corrected chi connectivity index (χ4v) is 4.97. The minimum Gasteiger partial charge on any atom is -0.445 e. The maximum atomic E-state index is 12.6. The second-order valence-corrected chi connectivity index (χ2v) is 9.83. The van der Waals surface area contributed by atoms with Crippen LogP contribution in [0.3, 0.4) is 0 Å². The zero-order chi connectivity index (χ0) is 22.5. The van der Waals surface area contributed by atoms with Crippen molar-refractivity contribution in [3.63, 3.8) is 0 Å². The summed E-state index contributed by atoms with van der Waals surface area (Å²) >= 11 is 1.62. The third kappa shape index (κ3) is 9.76. The third-order valence-electron chi connectivity index (χ3n) is 5.49. The van der Waals surface area contributed by atoms with Crippen LogP contribution in [-0.4, -0.2) is 41.9 Å². The molecule has 1 aliphatic rings. The predicted molar refractivity (Wildman–Crippen MR) is 125 cm³/mol. The van der Waals surface area contributed by atoms with Crippen LogP contribution in [0.15, 0.2) is 30.3 Å². The number of benzene rings is 1. The van der Waals surface area contributed by atoms with Gasteiger partial charge in [0.2, 0.25) is 5.91 Å². The van der Waals surface area contributed by atoms with Crippen LogP contribution in [0.25, 0.3) is 0 Å². The van der Waals surface area contributed by atoms with Crippen LogP contribution < -0.4 is 10.6 Å². The molecule has 0 radical (unpaired) electrons. The highest BCUT2D eigenvalue weighted by Crippen LogP contribution is 2.31. The standard InChI is InChI=1S/C24H36N2O4S/c1-18(2)15-21(26-24(29)30-17-19-9-5-3-6-10-19)23(28)25-13-14-31-22(16-27)20-11-7-4-8-12-20/h3,5-6,9-10,16,18,20-22H,4,7-8,11-15,17H2,1-2H3,(H,25,28)(H,26,29)/t21-,22?/m1/s1. The minimum atomic E-state index is -0.645. The summed E-state index contributed by atoms with van der Waals surface area (Å²) in [4.78, 5) is 36.3. The van der Waals surface area contributed by atoms with Crippen LogP contribution in [0.1, 0.15) is 57.9 Å². The number of carbonyl (C=O) groups excluding carboxylic acids is 3. The summed E-state index contributed by atoms with van der Waals surface area (Å²) in [6.45, 7) is 4.64. The molecule has 1 saturated carbocycles. The van der Waals surface area contributed by atoms with Crippen molar-refractivity contribution in [2.24, 2.45) is 11.8 Å². The number of hydrogen-bond acceptors (Lipinski definition) is 5. The first-order valence-electron chi connectivity index (χ1n) is 11.3. The van der Waals surface area contributed by atoms with Gasteiger partial charge >= 0.3 is 6.09 Å². The van der Waals surface area contributed by atoms with Gasteiger partial charge in [0.05, 0.1) is 5.25 Å². The van der Waals surface area contributed by atoms with Gasteiger partial charge in [-0.3, -0.25) is 4.79 Å². The van der Waals surface area contributed by atoms with Gasteiger partial charge in [0, 0.05) is 12.3 Å². The first-order valence-corrected chi connectivity index (χ1v) is 12.4. The van der Waals surface area contributed by atoms with Gasteiger partial charge in [0.15, 0.2) is 0 Å². The van der Waals surface area contributed by atoms with Crippen LogP contribution in [0.5, 0.6) is 0 Å². The molecule has 6 nitrogen and oxygen atoms in total. The lowest BCUT2D eigenvalue weighted by Gasteiger charge is -2.26.